The molecule has 1 aromatic heterocycles. The minimum Gasteiger partial charge on any atom is -0.354 e. The first kappa shape index (κ1) is 18.9. The number of aryl methyl sites for hydroxylation is 2. The van der Waals surface area contributed by atoms with E-state index in [9.17, 15) is 4.79 Å². The van der Waals surface area contributed by atoms with Crippen LogP contribution in [0.1, 0.15) is 26.6 Å². The van der Waals surface area contributed by atoms with Crippen LogP contribution in [-0.2, 0) is 6.54 Å². The molecule has 2 rings (SSSR count). The number of nitrogens with one attached hydrogen (secondary N) is 2. The number of guanidine groups is 1. The van der Waals surface area contributed by atoms with E-state index in [-0.39, 0.29) is 5.91 Å². The van der Waals surface area contributed by atoms with Crippen molar-refractivity contribution in [1.82, 2.24) is 20.5 Å². The number of hydrogen-bond acceptors (Lipinski definition) is 4. The van der Waals surface area contributed by atoms with Crippen LogP contribution in [0.3, 0.4) is 0 Å². The minimum absolute atomic E-state index is 0.0632. The van der Waals surface area contributed by atoms with Crippen LogP contribution in [0, 0.1) is 13.8 Å². The Morgan fingerprint density at radius 1 is 1.28 bits per heavy atom. The highest BCUT2D eigenvalue weighted by atomic mass is 32.1. The predicted molar refractivity (Wildman–Crippen MR) is 103 cm³/mol. The van der Waals surface area contributed by atoms with Gasteiger partial charge in [-0.1, -0.05) is 17.7 Å². The lowest BCUT2D eigenvalue weighted by Crippen LogP contribution is -2.42. The van der Waals surface area contributed by atoms with Crippen molar-refractivity contribution < 1.29 is 4.79 Å². The molecule has 0 unspecified atom stereocenters. The Kier molecular flexibility index (Phi) is 6.94. The van der Waals surface area contributed by atoms with E-state index in [2.05, 4.69) is 26.0 Å². The summed E-state index contributed by atoms with van der Waals surface area (Å²) in [5.74, 6) is 0.710. The summed E-state index contributed by atoms with van der Waals surface area (Å²) in [6, 6.07) is 7.56. The summed E-state index contributed by atoms with van der Waals surface area (Å²) in [7, 11) is 3.71. The first-order valence-electron chi connectivity index (χ1n) is 8.17. The van der Waals surface area contributed by atoms with Gasteiger partial charge in [0.2, 0.25) is 0 Å². The van der Waals surface area contributed by atoms with Crippen LogP contribution in [0.15, 0.2) is 34.6 Å². The molecule has 0 radical (unpaired) electrons. The number of benzene rings is 1. The summed E-state index contributed by atoms with van der Waals surface area (Å²) in [5, 5.41) is 9.28. The Labute approximate surface area is 153 Å². The van der Waals surface area contributed by atoms with Gasteiger partial charge in [-0.25, -0.2) is 4.98 Å². The van der Waals surface area contributed by atoms with E-state index in [1.807, 2.05) is 50.1 Å². The van der Waals surface area contributed by atoms with Gasteiger partial charge in [0, 0.05) is 38.1 Å². The molecule has 1 amide bonds. The fourth-order valence-corrected chi connectivity index (χ4v) is 3.03. The predicted octanol–water partition coefficient (Wildman–Crippen LogP) is 2.20. The molecule has 134 valence electrons. The maximum Gasteiger partial charge on any atom is 0.251 e. The number of aliphatic imine (C=N–C) groups is 1. The summed E-state index contributed by atoms with van der Waals surface area (Å²) in [6.07, 6.45) is 0. The summed E-state index contributed by atoms with van der Waals surface area (Å²) in [4.78, 5) is 22.8. The van der Waals surface area contributed by atoms with E-state index in [4.69, 9.17) is 0 Å². The first-order valence-corrected chi connectivity index (χ1v) is 9.05. The van der Waals surface area contributed by atoms with Gasteiger partial charge in [0.05, 0.1) is 17.2 Å². The molecule has 0 fully saturated rings. The van der Waals surface area contributed by atoms with Gasteiger partial charge in [-0.2, -0.15) is 0 Å². The topological polar surface area (TPSA) is 69.6 Å². The van der Waals surface area contributed by atoms with Crippen LogP contribution >= 0.6 is 11.3 Å². The molecule has 0 bridgehead atoms. The van der Waals surface area contributed by atoms with Crippen molar-refractivity contribution >= 4 is 23.2 Å². The number of carbonyl (C=O) groups excluding carboxylic acids is 1. The number of thiazole rings is 1. The minimum atomic E-state index is -0.0632. The lowest BCUT2D eigenvalue weighted by atomic mass is 10.1. The quantitative estimate of drug-likeness (QED) is 0.471. The summed E-state index contributed by atoms with van der Waals surface area (Å²) in [5.41, 5.74) is 2.78. The highest BCUT2D eigenvalue weighted by Crippen LogP contribution is 2.09. The molecule has 0 aliphatic carbocycles. The van der Waals surface area contributed by atoms with Crippen molar-refractivity contribution in [2.45, 2.75) is 20.4 Å². The second-order valence-electron chi connectivity index (χ2n) is 5.81. The Hall–Kier alpha value is -2.41. The van der Waals surface area contributed by atoms with Crippen molar-refractivity contribution in [1.29, 1.82) is 0 Å². The maximum absolute atomic E-state index is 12.1. The number of carbonyl (C=O) groups is 1. The molecule has 2 N–H and O–H groups in total. The zero-order chi connectivity index (χ0) is 18.2. The number of nitrogens with zero attached hydrogens (tertiary/aromatic N) is 3. The maximum atomic E-state index is 12.1. The number of rotatable bonds is 6. The smallest absolute Gasteiger partial charge is 0.251 e. The van der Waals surface area contributed by atoms with Gasteiger partial charge in [0.1, 0.15) is 0 Å². The zero-order valence-electron chi connectivity index (χ0n) is 15.2. The van der Waals surface area contributed by atoms with Crippen LogP contribution in [0.5, 0.6) is 0 Å². The van der Waals surface area contributed by atoms with Crippen molar-refractivity contribution in [3.8, 4) is 0 Å². The molecule has 0 aliphatic heterocycles. The monoisotopic (exact) mass is 359 g/mol. The lowest BCUT2D eigenvalue weighted by Gasteiger charge is -2.21. The Morgan fingerprint density at radius 2 is 2.04 bits per heavy atom. The molecule has 6 nitrogen and oxygen atoms in total. The first-order chi connectivity index (χ1) is 12.0. The molecule has 0 spiro atoms. The second kappa shape index (κ2) is 9.17. The number of amides is 1. The highest BCUT2D eigenvalue weighted by molar-refractivity contribution is 7.09. The average Bonchev–Trinajstić information content (AvgIpc) is 2.99. The van der Waals surface area contributed by atoms with Gasteiger partial charge in [-0.05, 0) is 26.0 Å². The van der Waals surface area contributed by atoms with E-state index in [0.717, 1.165) is 22.2 Å². The molecule has 7 heteroatoms. The Balaban J connectivity index is 1.76. The van der Waals surface area contributed by atoms with Gasteiger partial charge < -0.3 is 15.5 Å². The van der Waals surface area contributed by atoms with E-state index < -0.39 is 0 Å². The fourth-order valence-electron chi connectivity index (χ4n) is 2.42. The third kappa shape index (κ3) is 5.86. The Bertz CT molecular complexity index is 741. The largest absolute Gasteiger partial charge is 0.354 e. The van der Waals surface area contributed by atoms with Crippen molar-refractivity contribution in [3.63, 3.8) is 0 Å². The number of hydrogen-bond donors (Lipinski definition) is 2. The average molecular weight is 359 g/mol. The van der Waals surface area contributed by atoms with Gasteiger partial charge in [0.15, 0.2) is 5.96 Å². The van der Waals surface area contributed by atoms with Crippen molar-refractivity contribution in [2.75, 3.05) is 27.2 Å². The van der Waals surface area contributed by atoms with Gasteiger partial charge in [-0.15, -0.1) is 11.3 Å². The van der Waals surface area contributed by atoms with Gasteiger partial charge >= 0.3 is 0 Å². The van der Waals surface area contributed by atoms with Crippen LogP contribution < -0.4 is 10.6 Å². The normalized spacial score (nSPS) is 11.3. The molecule has 0 aliphatic rings. The van der Waals surface area contributed by atoms with E-state index in [1.165, 1.54) is 0 Å². The van der Waals surface area contributed by atoms with Crippen LogP contribution in [-0.4, -0.2) is 48.9 Å². The summed E-state index contributed by atoms with van der Waals surface area (Å²) in [6.45, 7) is 5.79. The highest BCUT2D eigenvalue weighted by Gasteiger charge is 2.09. The van der Waals surface area contributed by atoms with Gasteiger partial charge in [0.25, 0.3) is 5.91 Å². The zero-order valence-corrected chi connectivity index (χ0v) is 16.0. The van der Waals surface area contributed by atoms with E-state index in [0.29, 0.717) is 25.2 Å². The molecule has 2 aromatic rings. The molecular formula is C18H25N5OS. The standard InChI is InChI=1S/C18H25N5OS/c1-13-6-5-7-15(10-13)17(24)20-8-9-21-18(19-3)23(4)11-16-12-25-14(2)22-16/h5-7,10,12H,8-9,11H2,1-4H3,(H,19,21)(H,20,24). The fraction of sp³-hybridized carbons (Fsp3) is 0.389. The summed E-state index contributed by atoms with van der Waals surface area (Å²) >= 11 is 1.64. The van der Waals surface area contributed by atoms with E-state index in [1.54, 1.807) is 18.4 Å². The van der Waals surface area contributed by atoms with Crippen LogP contribution in [0.25, 0.3) is 0 Å². The van der Waals surface area contributed by atoms with Crippen LogP contribution in [0.2, 0.25) is 0 Å². The molecule has 25 heavy (non-hydrogen) atoms. The molecule has 1 heterocycles. The van der Waals surface area contributed by atoms with E-state index >= 15 is 0 Å². The molecule has 1 aromatic carbocycles. The summed E-state index contributed by atoms with van der Waals surface area (Å²) < 4.78 is 0. The third-order valence-corrected chi connectivity index (χ3v) is 4.44. The number of aromatic nitrogens is 1. The lowest BCUT2D eigenvalue weighted by molar-refractivity contribution is 0.0954. The Morgan fingerprint density at radius 3 is 2.68 bits per heavy atom. The van der Waals surface area contributed by atoms with Crippen LogP contribution in [0.4, 0.5) is 0 Å². The molecular weight excluding hydrogens is 334 g/mol. The van der Waals surface area contributed by atoms with Crippen molar-refractivity contribution in [3.05, 3.63) is 51.5 Å². The third-order valence-electron chi connectivity index (χ3n) is 3.61. The molecule has 0 saturated carbocycles. The molecule has 0 saturated heterocycles. The SMILES string of the molecule is CN=C(NCCNC(=O)c1cccc(C)c1)N(C)Cc1csc(C)n1. The van der Waals surface area contributed by atoms with Gasteiger partial charge in [-0.3, -0.25) is 9.79 Å². The molecule has 0 atom stereocenters. The second-order valence-corrected chi connectivity index (χ2v) is 6.88. The van der Waals surface area contributed by atoms with Crippen molar-refractivity contribution in [2.24, 2.45) is 4.99 Å².